The third kappa shape index (κ3) is 12.4. The number of Topliss-reactive ketones (excluding diaryl/α,β-unsaturated/α-hetero) is 2. The van der Waals surface area contributed by atoms with Crippen LogP contribution in [0.25, 0.3) is 0 Å². The molecule has 0 saturated carbocycles. The molecule has 8 N–H and O–H groups in total. The van der Waals surface area contributed by atoms with Crippen molar-refractivity contribution in [3.8, 4) is 5.75 Å². The van der Waals surface area contributed by atoms with E-state index >= 15 is 0 Å². The Balaban J connectivity index is 1.62. The summed E-state index contributed by atoms with van der Waals surface area (Å²) in [5.41, 5.74) is 0.627. The van der Waals surface area contributed by atoms with E-state index in [1.165, 1.54) is 19.1 Å². The molecule has 0 aliphatic carbocycles. The van der Waals surface area contributed by atoms with Gasteiger partial charge in [-0.15, -0.1) is 11.6 Å². The number of phenols is 1. The van der Waals surface area contributed by atoms with Crippen LogP contribution in [0.4, 0.5) is 4.79 Å². The first-order chi connectivity index (χ1) is 24.1. The number of rotatable bonds is 20. The van der Waals surface area contributed by atoms with Crippen molar-refractivity contribution >= 4 is 70.6 Å². The smallest absolute Gasteiger partial charge is 0.315 e. The van der Waals surface area contributed by atoms with E-state index in [2.05, 4.69) is 31.9 Å². The van der Waals surface area contributed by atoms with Gasteiger partial charge in [-0.25, -0.2) is 4.79 Å². The van der Waals surface area contributed by atoms with Gasteiger partial charge in [0.05, 0.1) is 24.4 Å². The number of nitrogens with one attached hydrogen (secondary N) is 6. The molecule has 0 radical (unpaired) electrons. The number of unbranched alkanes of at least 4 members (excludes halogenated alkanes) is 1. The summed E-state index contributed by atoms with van der Waals surface area (Å²) in [7, 11) is 0. The molecule has 2 aliphatic rings. The second-order valence-corrected chi connectivity index (χ2v) is 14.4. The van der Waals surface area contributed by atoms with Crippen LogP contribution >= 0.6 is 23.4 Å². The number of aromatic hydroxyl groups is 1. The molecule has 1 aromatic rings. The maximum Gasteiger partial charge on any atom is 0.315 e. The number of aliphatic carboxylic acids is 1. The maximum atomic E-state index is 13.6. The van der Waals surface area contributed by atoms with Crippen LogP contribution in [0, 0.1) is 5.92 Å². The van der Waals surface area contributed by atoms with Crippen LogP contribution in [0.1, 0.15) is 58.4 Å². The summed E-state index contributed by atoms with van der Waals surface area (Å²) in [6.07, 6.45) is 1.38. The van der Waals surface area contributed by atoms with Gasteiger partial charge in [-0.2, -0.15) is 11.8 Å². The molecule has 3 rings (SSSR count). The molecule has 0 aromatic heterocycles. The number of alkyl halides is 1. The van der Waals surface area contributed by atoms with E-state index in [4.69, 9.17) is 16.7 Å². The second-order valence-electron chi connectivity index (χ2n) is 12.9. The lowest BCUT2D eigenvalue weighted by Gasteiger charge is -2.27. The largest absolute Gasteiger partial charge is 0.508 e. The molecule has 2 heterocycles. The van der Waals surface area contributed by atoms with E-state index in [0.717, 1.165) is 18.6 Å². The Labute approximate surface area is 304 Å². The predicted molar refractivity (Wildman–Crippen MR) is 187 cm³/mol. The topological polar surface area (TPSA) is 249 Å². The van der Waals surface area contributed by atoms with Crippen LogP contribution in [0.3, 0.4) is 0 Å². The standard InChI is InChI=1S/C33H45ClN6O10S/c1-16(2)27(32(49)35-17(3)30(47)37-20(13-26(44)45)29(46)23(42)14-34)39-31(48)21(12-18-8-10-19(41)11-9-18)36-25(43)7-5-4-6-24-28-22(15-51-24)38-33(50)40-28/h8-11,16-17,20-22,24,27-28,41H,4-7,12-15H2,1-3H3,(H,35,49)(H,36,43)(H,37,47)(H,39,48)(H,44,45)(H2,38,40,50). The molecule has 280 valence electrons. The lowest BCUT2D eigenvalue weighted by atomic mass is 10.00. The molecule has 2 fully saturated rings. The van der Waals surface area contributed by atoms with Crippen molar-refractivity contribution in [3.63, 3.8) is 0 Å². The quantitative estimate of drug-likeness (QED) is 0.0385. The number of hydrogen-bond donors (Lipinski definition) is 8. The Morgan fingerprint density at radius 3 is 2.22 bits per heavy atom. The second kappa shape index (κ2) is 19.3. The Hall–Kier alpha value is -4.38. The van der Waals surface area contributed by atoms with Gasteiger partial charge >= 0.3 is 12.0 Å². The summed E-state index contributed by atoms with van der Waals surface area (Å²) in [4.78, 5) is 99.7. The molecule has 2 aliphatic heterocycles. The zero-order valence-electron chi connectivity index (χ0n) is 28.5. The van der Waals surface area contributed by atoms with Gasteiger partial charge in [-0.3, -0.25) is 33.6 Å². The molecule has 18 heteroatoms. The number of carboxylic acids is 1. The Kier molecular flexibility index (Phi) is 15.5. The van der Waals surface area contributed by atoms with Crippen LogP contribution < -0.4 is 31.9 Å². The third-order valence-corrected chi connectivity index (χ3v) is 10.3. The fourth-order valence-electron chi connectivity index (χ4n) is 5.72. The Morgan fingerprint density at radius 1 is 0.902 bits per heavy atom. The fourth-order valence-corrected chi connectivity index (χ4v) is 7.39. The monoisotopic (exact) mass is 752 g/mol. The van der Waals surface area contributed by atoms with Crippen molar-refractivity contribution in [2.75, 3.05) is 11.6 Å². The molecule has 51 heavy (non-hydrogen) atoms. The first-order valence-corrected chi connectivity index (χ1v) is 18.2. The van der Waals surface area contributed by atoms with Gasteiger partial charge in [0, 0.05) is 23.8 Å². The Morgan fingerprint density at radius 2 is 1.59 bits per heavy atom. The third-order valence-electron chi connectivity index (χ3n) is 8.52. The summed E-state index contributed by atoms with van der Waals surface area (Å²) < 4.78 is 0. The van der Waals surface area contributed by atoms with Crippen molar-refractivity contribution in [2.24, 2.45) is 5.92 Å². The lowest BCUT2D eigenvalue weighted by Crippen LogP contribution is -2.59. The highest BCUT2D eigenvalue weighted by Crippen LogP contribution is 2.33. The highest BCUT2D eigenvalue weighted by molar-refractivity contribution is 8.00. The molecule has 16 nitrogen and oxygen atoms in total. The first-order valence-electron chi connectivity index (χ1n) is 16.6. The van der Waals surface area contributed by atoms with Gasteiger partial charge in [-0.05, 0) is 43.4 Å². The van der Waals surface area contributed by atoms with Crippen molar-refractivity contribution in [3.05, 3.63) is 29.8 Å². The number of amides is 6. The van der Waals surface area contributed by atoms with Gasteiger partial charge in [-0.1, -0.05) is 32.4 Å². The molecule has 7 unspecified atom stereocenters. The maximum absolute atomic E-state index is 13.6. The number of carbonyl (C=O) groups excluding carboxylic acids is 7. The summed E-state index contributed by atoms with van der Waals surface area (Å²) in [6, 6.07) is 0.774. The van der Waals surface area contributed by atoms with Crippen molar-refractivity contribution in [1.29, 1.82) is 0 Å². The molecule has 6 amide bonds. The SMILES string of the molecule is CC(NC(=O)C(NC(=O)C(Cc1ccc(O)cc1)NC(=O)CCCCC1SCC2NC(=O)NC21)C(C)C)C(=O)NC(CC(=O)O)C(=O)C(=O)CCl. The van der Waals surface area contributed by atoms with E-state index in [9.17, 15) is 43.5 Å². The number of urea groups is 1. The van der Waals surface area contributed by atoms with Crippen LogP contribution in [-0.2, 0) is 40.0 Å². The lowest BCUT2D eigenvalue weighted by molar-refractivity contribution is -0.143. The van der Waals surface area contributed by atoms with Crippen LogP contribution in [0.5, 0.6) is 5.75 Å². The van der Waals surface area contributed by atoms with Gasteiger partial charge in [0.2, 0.25) is 35.2 Å². The highest BCUT2D eigenvalue weighted by Gasteiger charge is 2.42. The fraction of sp³-hybridized carbons (Fsp3) is 0.576. The number of carbonyl (C=O) groups is 8. The predicted octanol–water partition coefficient (Wildman–Crippen LogP) is 0.127. The van der Waals surface area contributed by atoms with Crippen molar-refractivity contribution in [2.45, 2.75) is 101 Å². The highest BCUT2D eigenvalue weighted by atomic mass is 35.5. The number of phenolic OH excluding ortho intramolecular Hbond substituents is 1. The van der Waals surface area contributed by atoms with Crippen molar-refractivity contribution in [1.82, 2.24) is 31.9 Å². The summed E-state index contributed by atoms with van der Waals surface area (Å²) in [6.45, 7) is 4.58. The van der Waals surface area contributed by atoms with E-state index in [-0.39, 0.29) is 47.9 Å². The molecule has 0 spiro atoms. The zero-order valence-corrected chi connectivity index (χ0v) is 30.1. The van der Waals surface area contributed by atoms with E-state index < -0.39 is 77.6 Å². The molecule has 7 atom stereocenters. The number of benzene rings is 1. The van der Waals surface area contributed by atoms with Gasteiger partial charge in [0.15, 0.2) is 0 Å². The minimum absolute atomic E-state index is 0.0162. The summed E-state index contributed by atoms with van der Waals surface area (Å²) in [5.74, 6) is -6.87. The van der Waals surface area contributed by atoms with Gasteiger partial charge < -0.3 is 42.1 Å². The molecule has 1 aromatic carbocycles. The number of thioether (sulfide) groups is 1. The zero-order chi connectivity index (χ0) is 37.8. The summed E-state index contributed by atoms with van der Waals surface area (Å²) in [5, 5.41) is 34.9. The minimum Gasteiger partial charge on any atom is -0.508 e. The van der Waals surface area contributed by atoms with Gasteiger partial charge in [0.25, 0.3) is 0 Å². The summed E-state index contributed by atoms with van der Waals surface area (Å²) >= 11 is 7.18. The first kappa shape index (κ1) is 41.0. The number of fused-ring (bicyclic) bond motifs is 1. The van der Waals surface area contributed by atoms with Crippen molar-refractivity contribution < 1.29 is 48.6 Å². The average molecular weight is 753 g/mol. The van der Waals surface area contributed by atoms with E-state index in [1.54, 1.807) is 37.7 Å². The molecule has 2 saturated heterocycles. The van der Waals surface area contributed by atoms with Gasteiger partial charge in [0.1, 0.15) is 29.9 Å². The van der Waals surface area contributed by atoms with E-state index in [1.807, 2.05) is 0 Å². The minimum atomic E-state index is -1.70. The van der Waals surface area contributed by atoms with Crippen LogP contribution in [0.2, 0.25) is 0 Å². The molecule has 0 bridgehead atoms. The number of hydrogen-bond acceptors (Lipinski definition) is 10. The van der Waals surface area contributed by atoms with Crippen LogP contribution in [0.15, 0.2) is 24.3 Å². The number of ketones is 2. The van der Waals surface area contributed by atoms with E-state index in [0.29, 0.717) is 12.0 Å². The average Bonchev–Trinajstić information content (AvgIpc) is 3.63. The Bertz CT molecular complexity index is 1480. The number of halogens is 1. The van der Waals surface area contributed by atoms with Crippen LogP contribution in [-0.4, -0.2) is 111 Å². The number of carboxylic acid groups (broad SMARTS) is 1. The normalized spacial score (nSPS) is 20.1. The molecular formula is C33H45ClN6O10S. The molecular weight excluding hydrogens is 708 g/mol.